The Morgan fingerprint density at radius 2 is 2.00 bits per heavy atom. The highest BCUT2D eigenvalue weighted by atomic mass is 35.5. The van der Waals surface area contributed by atoms with Crippen molar-refractivity contribution in [3.05, 3.63) is 40.5 Å². The topological polar surface area (TPSA) is 47.9 Å². The SMILES string of the molecule is Cc1c(Cl)ncnc1Oc1cncc(Cl)c1. The van der Waals surface area contributed by atoms with Gasteiger partial charge in [-0.05, 0) is 6.92 Å². The molecule has 0 fully saturated rings. The van der Waals surface area contributed by atoms with E-state index < -0.39 is 0 Å². The van der Waals surface area contributed by atoms with Crippen molar-refractivity contribution < 1.29 is 4.74 Å². The van der Waals surface area contributed by atoms with Crippen molar-refractivity contribution >= 4 is 23.2 Å². The molecule has 2 aromatic rings. The molecule has 0 saturated heterocycles. The minimum Gasteiger partial charge on any atom is -0.437 e. The number of hydrogen-bond acceptors (Lipinski definition) is 4. The molecule has 0 N–H and O–H groups in total. The summed E-state index contributed by atoms with van der Waals surface area (Å²) in [7, 11) is 0. The lowest BCUT2D eigenvalue weighted by molar-refractivity contribution is 0.455. The van der Waals surface area contributed by atoms with Gasteiger partial charge in [-0.2, -0.15) is 0 Å². The zero-order valence-electron chi connectivity index (χ0n) is 8.32. The summed E-state index contributed by atoms with van der Waals surface area (Å²) in [5.41, 5.74) is 0.671. The van der Waals surface area contributed by atoms with Crippen molar-refractivity contribution in [1.82, 2.24) is 15.0 Å². The predicted molar refractivity (Wildman–Crippen MR) is 61.1 cm³/mol. The standard InChI is InChI=1S/C10H7Cl2N3O/c1-6-9(12)14-5-15-10(6)16-8-2-7(11)3-13-4-8/h2-5H,1H3. The normalized spacial score (nSPS) is 10.2. The second-order valence-corrected chi connectivity index (χ2v) is 3.83. The van der Waals surface area contributed by atoms with E-state index in [0.29, 0.717) is 27.4 Å². The fourth-order valence-corrected chi connectivity index (χ4v) is 1.36. The summed E-state index contributed by atoms with van der Waals surface area (Å²) in [6.45, 7) is 1.77. The largest absolute Gasteiger partial charge is 0.437 e. The third-order valence-electron chi connectivity index (χ3n) is 1.87. The smallest absolute Gasteiger partial charge is 0.226 e. The molecule has 2 aromatic heterocycles. The number of ether oxygens (including phenoxy) is 1. The molecular formula is C10H7Cl2N3O. The van der Waals surface area contributed by atoms with Crippen LogP contribution in [0.1, 0.15) is 5.56 Å². The third-order valence-corrected chi connectivity index (χ3v) is 2.46. The van der Waals surface area contributed by atoms with Gasteiger partial charge >= 0.3 is 0 Å². The van der Waals surface area contributed by atoms with E-state index in [1.165, 1.54) is 12.5 Å². The molecule has 0 unspecified atom stereocenters. The van der Waals surface area contributed by atoms with E-state index in [9.17, 15) is 0 Å². The van der Waals surface area contributed by atoms with Crippen molar-refractivity contribution in [2.45, 2.75) is 6.92 Å². The van der Waals surface area contributed by atoms with Crippen molar-refractivity contribution in [1.29, 1.82) is 0 Å². The number of hydrogen-bond donors (Lipinski definition) is 0. The molecule has 6 heteroatoms. The quantitative estimate of drug-likeness (QED) is 0.773. The molecule has 0 atom stereocenters. The molecule has 0 bridgehead atoms. The number of nitrogens with zero attached hydrogens (tertiary/aromatic N) is 3. The second kappa shape index (κ2) is 4.63. The lowest BCUT2D eigenvalue weighted by Gasteiger charge is -2.07. The molecule has 4 nitrogen and oxygen atoms in total. The molecule has 0 spiro atoms. The van der Waals surface area contributed by atoms with Crippen LogP contribution in [0.3, 0.4) is 0 Å². The van der Waals surface area contributed by atoms with E-state index in [1.807, 2.05) is 0 Å². The minimum atomic E-state index is 0.361. The Morgan fingerprint density at radius 1 is 1.19 bits per heavy atom. The molecule has 2 heterocycles. The van der Waals surface area contributed by atoms with Crippen LogP contribution in [0.25, 0.3) is 0 Å². The van der Waals surface area contributed by atoms with E-state index in [-0.39, 0.29) is 0 Å². The van der Waals surface area contributed by atoms with Crippen LogP contribution < -0.4 is 4.74 Å². The Balaban J connectivity index is 2.31. The highest BCUT2D eigenvalue weighted by Gasteiger charge is 2.07. The van der Waals surface area contributed by atoms with E-state index in [4.69, 9.17) is 27.9 Å². The van der Waals surface area contributed by atoms with Gasteiger partial charge in [0.25, 0.3) is 0 Å². The maximum Gasteiger partial charge on any atom is 0.226 e. The molecular weight excluding hydrogens is 249 g/mol. The van der Waals surface area contributed by atoms with Crippen molar-refractivity contribution in [3.8, 4) is 11.6 Å². The molecule has 2 rings (SSSR count). The first-order valence-electron chi connectivity index (χ1n) is 4.42. The van der Waals surface area contributed by atoms with E-state index in [1.54, 1.807) is 19.2 Å². The van der Waals surface area contributed by atoms with Crippen LogP contribution in [0.2, 0.25) is 10.2 Å². The van der Waals surface area contributed by atoms with Gasteiger partial charge in [-0.25, -0.2) is 9.97 Å². The van der Waals surface area contributed by atoms with Gasteiger partial charge in [0, 0.05) is 17.8 Å². The molecule has 0 aliphatic heterocycles. The van der Waals surface area contributed by atoms with Gasteiger partial charge in [0.2, 0.25) is 5.88 Å². The van der Waals surface area contributed by atoms with Gasteiger partial charge < -0.3 is 4.74 Å². The molecule has 0 aliphatic carbocycles. The first-order valence-corrected chi connectivity index (χ1v) is 5.18. The van der Waals surface area contributed by atoms with E-state index in [2.05, 4.69) is 15.0 Å². The fourth-order valence-electron chi connectivity index (χ4n) is 1.08. The molecule has 0 aliphatic rings. The highest BCUT2D eigenvalue weighted by molar-refractivity contribution is 6.30. The molecule has 0 amide bonds. The van der Waals surface area contributed by atoms with Crippen LogP contribution in [-0.4, -0.2) is 15.0 Å². The summed E-state index contributed by atoms with van der Waals surface area (Å²) in [6, 6.07) is 1.64. The zero-order chi connectivity index (χ0) is 11.5. The summed E-state index contributed by atoms with van der Waals surface area (Å²) in [5, 5.41) is 0.857. The maximum atomic E-state index is 5.84. The van der Waals surface area contributed by atoms with Gasteiger partial charge in [0.1, 0.15) is 17.2 Å². The minimum absolute atomic E-state index is 0.361. The Kier molecular flexibility index (Phi) is 3.22. The van der Waals surface area contributed by atoms with E-state index in [0.717, 1.165) is 0 Å². The monoisotopic (exact) mass is 255 g/mol. The van der Waals surface area contributed by atoms with Gasteiger partial charge in [-0.1, -0.05) is 23.2 Å². The molecule has 0 radical (unpaired) electrons. The Labute approximate surface area is 102 Å². The van der Waals surface area contributed by atoms with Crippen LogP contribution in [0.4, 0.5) is 0 Å². The van der Waals surface area contributed by atoms with E-state index >= 15 is 0 Å². The Bertz CT molecular complexity index is 519. The summed E-state index contributed by atoms with van der Waals surface area (Å²) in [6.07, 6.45) is 4.40. The number of rotatable bonds is 2. The Morgan fingerprint density at radius 3 is 2.75 bits per heavy atom. The predicted octanol–water partition coefficient (Wildman–Crippen LogP) is 3.28. The van der Waals surface area contributed by atoms with Gasteiger partial charge in [-0.15, -0.1) is 0 Å². The van der Waals surface area contributed by atoms with Crippen molar-refractivity contribution in [3.63, 3.8) is 0 Å². The number of halogens is 2. The van der Waals surface area contributed by atoms with Crippen LogP contribution in [0.15, 0.2) is 24.8 Å². The first-order chi connectivity index (χ1) is 7.66. The summed E-state index contributed by atoms with van der Waals surface area (Å²) in [5.74, 6) is 0.898. The number of pyridine rings is 1. The van der Waals surface area contributed by atoms with Crippen LogP contribution in [-0.2, 0) is 0 Å². The zero-order valence-corrected chi connectivity index (χ0v) is 9.83. The summed E-state index contributed by atoms with van der Waals surface area (Å²) < 4.78 is 5.49. The average Bonchev–Trinajstić information content (AvgIpc) is 2.25. The van der Waals surface area contributed by atoms with Gasteiger partial charge in [0.05, 0.1) is 11.2 Å². The molecule has 82 valence electrons. The first kappa shape index (κ1) is 11.1. The van der Waals surface area contributed by atoms with Crippen molar-refractivity contribution in [2.24, 2.45) is 0 Å². The average molecular weight is 256 g/mol. The van der Waals surface area contributed by atoms with Gasteiger partial charge in [0.15, 0.2) is 0 Å². The fraction of sp³-hybridized carbons (Fsp3) is 0.100. The lowest BCUT2D eigenvalue weighted by Crippen LogP contribution is -1.94. The molecule has 0 saturated carbocycles. The lowest BCUT2D eigenvalue weighted by atomic mass is 10.4. The van der Waals surface area contributed by atoms with Gasteiger partial charge in [-0.3, -0.25) is 4.98 Å². The molecule has 16 heavy (non-hydrogen) atoms. The summed E-state index contributed by atoms with van der Waals surface area (Å²) in [4.78, 5) is 11.7. The Hall–Kier alpha value is -1.39. The molecule has 0 aromatic carbocycles. The van der Waals surface area contributed by atoms with Crippen LogP contribution in [0, 0.1) is 6.92 Å². The number of aromatic nitrogens is 3. The maximum absolute atomic E-state index is 5.84. The third kappa shape index (κ3) is 2.40. The summed E-state index contributed by atoms with van der Waals surface area (Å²) >= 11 is 11.6. The van der Waals surface area contributed by atoms with Crippen LogP contribution >= 0.6 is 23.2 Å². The highest BCUT2D eigenvalue weighted by Crippen LogP contribution is 2.26. The van der Waals surface area contributed by atoms with Crippen LogP contribution in [0.5, 0.6) is 11.6 Å². The second-order valence-electron chi connectivity index (χ2n) is 3.04. The van der Waals surface area contributed by atoms with Crippen molar-refractivity contribution in [2.75, 3.05) is 0 Å².